The second-order valence-corrected chi connectivity index (χ2v) is 5.97. The zero-order chi connectivity index (χ0) is 22.4. The number of aliphatic imine (C=N–C) groups is 1. The molecule has 0 aliphatic heterocycles. The van der Waals surface area contributed by atoms with Crippen LogP contribution in [0.1, 0.15) is 28.4 Å². The first-order chi connectivity index (χ1) is 14.8. The van der Waals surface area contributed by atoms with E-state index < -0.39 is 17.7 Å². The first-order valence-corrected chi connectivity index (χ1v) is 8.57. The number of nitrogens with zero attached hydrogens (tertiary/aromatic N) is 2. The van der Waals surface area contributed by atoms with E-state index in [1.54, 1.807) is 30.3 Å². The van der Waals surface area contributed by atoms with Crippen LogP contribution in [0.25, 0.3) is 0 Å². The quantitative estimate of drug-likeness (QED) is 0.374. The summed E-state index contributed by atoms with van der Waals surface area (Å²) in [5.74, 6) is -0.848. The number of para-hydroxylation sites is 1. The molecule has 0 saturated carbocycles. The molecular weight excluding hydrogens is 395 g/mol. The minimum Gasteiger partial charge on any atom is -0.336 e. The number of carbonyl (C=O) groups is 1. The first kappa shape index (κ1) is 19.2. The van der Waals surface area contributed by atoms with E-state index in [0.717, 1.165) is 24.3 Å². The van der Waals surface area contributed by atoms with E-state index >= 15 is 0 Å². The Balaban J connectivity index is 1.84. The summed E-state index contributed by atoms with van der Waals surface area (Å²) in [6.07, 6.45) is -4.51. The second kappa shape index (κ2) is 8.92. The van der Waals surface area contributed by atoms with Gasteiger partial charge in [0.25, 0.3) is 0 Å². The van der Waals surface area contributed by atoms with Crippen LogP contribution in [-0.2, 0) is 11.0 Å². The highest BCUT2D eigenvalue weighted by Gasteiger charge is 2.30. The summed E-state index contributed by atoms with van der Waals surface area (Å²) in [7, 11) is 0. The lowest BCUT2D eigenvalue weighted by atomic mass is 10.1. The molecule has 8 heteroatoms. The van der Waals surface area contributed by atoms with Gasteiger partial charge in [0.2, 0.25) is 0 Å². The van der Waals surface area contributed by atoms with Crippen molar-refractivity contribution in [2.24, 2.45) is 4.99 Å². The van der Waals surface area contributed by atoms with Crippen molar-refractivity contribution in [1.29, 1.82) is 5.26 Å². The molecule has 0 fully saturated rings. The zero-order valence-corrected chi connectivity index (χ0v) is 15.3. The molecule has 30 heavy (non-hydrogen) atoms. The highest BCUT2D eigenvalue weighted by atomic mass is 19.4. The summed E-state index contributed by atoms with van der Waals surface area (Å²) < 4.78 is 45.9. The van der Waals surface area contributed by atoms with Crippen molar-refractivity contribution < 1.29 is 24.2 Å². The minimum atomic E-state index is -4.51. The Labute approximate surface area is 171 Å². The molecule has 1 N–H and O–H groups in total. The van der Waals surface area contributed by atoms with Gasteiger partial charge in [-0.05, 0) is 60.6 Å². The van der Waals surface area contributed by atoms with Crippen molar-refractivity contribution in [3.05, 3.63) is 101 Å². The van der Waals surface area contributed by atoms with Crippen LogP contribution in [0.4, 0.5) is 18.9 Å². The Hall–Kier alpha value is -4.12. The summed E-state index contributed by atoms with van der Waals surface area (Å²) in [5, 5.41) is 9.00. The third-order valence-electron chi connectivity index (χ3n) is 3.89. The van der Waals surface area contributed by atoms with Gasteiger partial charge in [0.05, 0.1) is 29.8 Å². The van der Waals surface area contributed by atoms with Gasteiger partial charge >= 0.3 is 12.1 Å². The lowest BCUT2D eigenvalue weighted by Crippen LogP contribution is -2.28. The molecule has 0 bridgehead atoms. The smallest absolute Gasteiger partial charge is 0.336 e. The normalized spacial score (nSPS) is 11.9. The Morgan fingerprint density at radius 2 is 1.67 bits per heavy atom. The number of hydroxylamine groups is 1. The number of halogens is 3. The van der Waals surface area contributed by atoms with Crippen molar-refractivity contribution >= 4 is 17.5 Å². The first-order valence-electron chi connectivity index (χ1n) is 9.07. The maximum Gasteiger partial charge on any atom is 0.416 e. The fourth-order valence-electron chi connectivity index (χ4n) is 2.37. The van der Waals surface area contributed by atoms with Gasteiger partial charge in [-0.3, -0.25) is 0 Å². The van der Waals surface area contributed by atoms with Gasteiger partial charge in [-0.1, -0.05) is 18.2 Å². The SMILES string of the molecule is [2H]c1cc(C(=Nc2ccccc2)NOC(=O)c2ccc(C(F)(F)F)cc2)ccc1C#N. The van der Waals surface area contributed by atoms with Crippen molar-refractivity contribution in [3.8, 4) is 6.07 Å². The van der Waals surface area contributed by atoms with Crippen LogP contribution in [0.2, 0.25) is 0 Å². The molecule has 3 aromatic rings. The number of nitriles is 1. The van der Waals surface area contributed by atoms with Gasteiger partial charge < -0.3 is 4.84 Å². The zero-order valence-electron chi connectivity index (χ0n) is 16.3. The number of hydrogen-bond donors (Lipinski definition) is 1. The van der Waals surface area contributed by atoms with E-state index in [2.05, 4.69) is 10.5 Å². The van der Waals surface area contributed by atoms with E-state index in [4.69, 9.17) is 11.5 Å². The van der Waals surface area contributed by atoms with Crippen LogP contribution in [-0.4, -0.2) is 11.8 Å². The Morgan fingerprint density at radius 1 is 1.00 bits per heavy atom. The van der Waals surface area contributed by atoms with Gasteiger partial charge in [-0.15, -0.1) is 0 Å². The molecular formula is C22H14F3N3O2. The number of rotatable bonds is 3. The summed E-state index contributed by atoms with van der Waals surface area (Å²) in [6, 6.07) is 18.4. The lowest BCUT2D eigenvalue weighted by molar-refractivity contribution is -0.137. The average Bonchev–Trinajstić information content (AvgIpc) is 2.76. The molecule has 0 amide bonds. The fraction of sp³-hybridized carbons (Fsp3) is 0.0455. The molecule has 0 unspecified atom stereocenters. The van der Waals surface area contributed by atoms with Gasteiger partial charge in [0.1, 0.15) is 0 Å². The molecule has 3 rings (SSSR count). The predicted molar refractivity (Wildman–Crippen MR) is 104 cm³/mol. The third-order valence-corrected chi connectivity index (χ3v) is 3.89. The van der Waals surface area contributed by atoms with E-state index in [9.17, 15) is 18.0 Å². The van der Waals surface area contributed by atoms with E-state index in [0.29, 0.717) is 11.3 Å². The minimum absolute atomic E-state index is 0.0448. The summed E-state index contributed by atoms with van der Waals surface area (Å²) in [5.41, 5.74) is 2.47. The molecule has 150 valence electrons. The third kappa shape index (κ3) is 5.23. The maximum atomic E-state index is 12.7. The van der Waals surface area contributed by atoms with E-state index in [1.807, 2.05) is 6.07 Å². The van der Waals surface area contributed by atoms with Crippen LogP contribution in [0, 0.1) is 11.3 Å². The Kier molecular flexibility index (Phi) is 5.71. The number of amidine groups is 1. The van der Waals surface area contributed by atoms with Crippen LogP contribution in [0.3, 0.4) is 0 Å². The fourth-order valence-corrected chi connectivity index (χ4v) is 2.37. The Bertz CT molecular complexity index is 1160. The van der Waals surface area contributed by atoms with Gasteiger partial charge in [0.15, 0.2) is 5.84 Å². The molecule has 0 saturated heterocycles. The lowest BCUT2D eigenvalue weighted by Gasteiger charge is -2.11. The van der Waals surface area contributed by atoms with Crippen LogP contribution < -0.4 is 5.48 Å². The summed E-state index contributed by atoms with van der Waals surface area (Å²) in [6.45, 7) is 0. The van der Waals surface area contributed by atoms with Crippen molar-refractivity contribution in [3.63, 3.8) is 0 Å². The Morgan fingerprint density at radius 3 is 2.27 bits per heavy atom. The molecule has 0 atom stereocenters. The highest BCUT2D eigenvalue weighted by Crippen LogP contribution is 2.29. The number of carbonyl (C=O) groups excluding carboxylic acids is 1. The van der Waals surface area contributed by atoms with E-state index in [1.165, 1.54) is 18.2 Å². The molecule has 0 radical (unpaired) electrons. The summed E-state index contributed by atoms with van der Waals surface area (Å²) >= 11 is 0. The molecule has 5 nitrogen and oxygen atoms in total. The van der Waals surface area contributed by atoms with Gasteiger partial charge in [-0.25, -0.2) is 9.79 Å². The van der Waals surface area contributed by atoms with Crippen LogP contribution >= 0.6 is 0 Å². The molecule has 0 aliphatic carbocycles. The van der Waals surface area contributed by atoms with Crippen molar-refractivity contribution in [1.82, 2.24) is 5.48 Å². The van der Waals surface area contributed by atoms with E-state index in [-0.39, 0.29) is 23.0 Å². The molecule has 0 aliphatic rings. The van der Waals surface area contributed by atoms with Crippen LogP contribution in [0.5, 0.6) is 0 Å². The number of nitrogens with one attached hydrogen (secondary N) is 1. The monoisotopic (exact) mass is 410 g/mol. The number of benzene rings is 3. The van der Waals surface area contributed by atoms with Gasteiger partial charge in [0, 0.05) is 5.56 Å². The standard InChI is InChI=1S/C22H14F3N3O2/c23-22(24,25)18-12-10-17(11-13-18)21(29)30-28-20(27-19-4-2-1-3-5-19)16-8-6-15(14-26)7-9-16/h1-13H,(H,27,28)/i6D. The van der Waals surface area contributed by atoms with Gasteiger partial charge in [-0.2, -0.15) is 23.9 Å². The largest absolute Gasteiger partial charge is 0.416 e. The molecule has 3 aromatic carbocycles. The number of alkyl halides is 3. The second-order valence-electron chi connectivity index (χ2n) is 5.97. The van der Waals surface area contributed by atoms with Crippen molar-refractivity contribution in [2.75, 3.05) is 0 Å². The topological polar surface area (TPSA) is 74.5 Å². The van der Waals surface area contributed by atoms with Crippen molar-refractivity contribution in [2.45, 2.75) is 6.18 Å². The molecule has 0 aromatic heterocycles. The predicted octanol–water partition coefficient (Wildman–Crippen LogP) is 5.02. The maximum absolute atomic E-state index is 12.7. The van der Waals surface area contributed by atoms with Crippen LogP contribution in [0.15, 0.2) is 83.8 Å². The molecule has 0 spiro atoms. The molecule has 0 heterocycles. The number of hydrogen-bond acceptors (Lipinski definition) is 4. The highest BCUT2D eigenvalue weighted by molar-refractivity contribution is 6.01. The average molecular weight is 410 g/mol. The summed E-state index contributed by atoms with van der Waals surface area (Å²) in [4.78, 5) is 21.6.